The molecule has 1 aromatic rings. The van der Waals surface area contributed by atoms with E-state index in [1.807, 2.05) is 25.1 Å². The van der Waals surface area contributed by atoms with Crippen LogP contribution in [0.4, 0.5) is 0 Å². The van der Waals surface area contributed by atoms with Crippen LogP contribution in [0.5, 0.6) is 5.88 Å². The van der Waals surface area contributed by atoms with Gasteiger partial charge in [0.1, 0.15) is 6.10 Å². The monoisotopic (exact) mass is 299 g/mol. The fourth-order valence-electron chi connectivity index (χ4n) is 2.17. The summed E-state index contributed by atoms with van der Waals surface area (Å²) in [5, 5.41) is 0. The summed E-state index contributed by atoms with van der Waals surface area (Å²) in [6.45, 7) is 2.88. The Morgan fingerprint density at radius 3 is 2.50 bits per heavy atom. The van der Waals surface area contributed by atoms with Crippen molar-refractivity contribution in [3.8, 4) is 5.88 Å². The Morgan fingerprint density at radius 1 is 1.30 bits per heavy atom. The first-order chi connectivity index (χ1) is 9.39. The van der Waals surface area contributed by atoms with Crippen LogP contribution >= 0.6 is 0 Å². The first-order valence-corrected chi connectivity index (χ1v) is 8.07. The Hall–Kier alpha value is -1.18. The van der Waals surface area contributed by atoms with Gasteiger partial charge in [0.2, 0.25) is 5.88 Å². The highest BCUT2D eigenvalue weighted by Crippen LogP contribution is 2.20. The van der Waals surface area contributed by atoms with Crippen molar-refractivity contribution in [1.29, 1.82) is 0 Å². The minimum absolute atomic E-state index is 0.0258. The van der Waals surface area contributed by atoms with E-state index in [0.717, 1.165) is 5.69 Å². The molecule has 1 fully saturated rings. The number of ether oxygens (including phenoxy) is 1. The van der Waals surface area contributed by atoms with Crippen molar-refractivity contribution in [3.63, 3.8) is 0 Å². The molecule has 2 heterocycles. The number of pyridine rings is 1. The zero-order valence-corrected chi connectivity index (χ0v) is 12.9. The van der Waals surface area contributed by atoms with Gasteiger partial charge in [-0.05, 0) is 25.8 Å². The second kappa shape index (κ2) is 6.07. The van der Waals surface area contributed by atoms with Gasteiger partial charge in [0.25, 0.3) is 10.2 Å². The average molecular weight is 299 g/mol. The molecule has 7 heteroatoms. The average Bonchev–Trinajstić information content (AvgIpc) is 2.39. The molecule has 0 unspecified atom stereocenters. The second-order valence-electron chi connectivity index (χ2n) is 5.12. The van der Waals surface area contributed by atoms with Gasteiger partial charge >= 0.3 is 0 Å². The summed E-state index contributed by atoms with van der Waals surface area (Å²) in [4.78, 5) is 4.30. The van der Waals surface area contributed by atoms with E-state index in [1.54, 1.807) is 14.1 Å². The zero-order valence-electron chi connectivity index (χ0n) is 12.1. The smallest absolute Gasteiger partial charge is 0.281 e. The molecule has 20 heavy (non-hydrogen) atoms. The van der Waals surface area contributed by atoms with Crippen molar-refractivity contribution in [2.45, 2.75) is 25.9 Å². The second-order valence-corrected chi connectivity index (χ2v) is 7.27. The largest absolute Gasteiger partial charge is 0.474 e. The molecule has 0 amide bonds. The number of hydrogen-bond acceptors (Lipinski definition) is 4. The van der Waals surface area contributed by atoms with Gasteiger partial charge in [0, 0.05) is 38.9 Å². The normalized spacial score (nSPS) is 18.4. The summed E-state index contributed by atoms with van der Waals surface area (Å²) in [6, 6.07) is 5.65. The Balaban J connectivity index is 1.92. The predicted octanol–water partition coefficient (Wildman–Crippen LogP) is 1.04. The minimum Gasteiger partial charge on any atom is -0.474 e. The summed E-state index contributed by atoms with van der Waals surface area (Å²) in [7, 11) is -0.207. The van der Waals surface area contributed by atoms with E-state index < -0.39 is 10.2 Å². The van der Waals surface area contributed by atoms with Crippen LogP contribution < -0.4 is 4.74 Å². The number of aryl methyl sites for hydroxylation is 1. The van der Waals surface area contributed by atoms with Crippen molar-refractivity contribution < 1.29 is 13.2 Å². The fraction of sp³-hybridized carbons (Fsp3) is 0.615. The van der Waals surface area contributed by atoms with E-state index >= 15 is 0 Å². The molecule has 0 spiro atoms. The maximum absolute atomic E-state index is 12.0. The standard InChI is InChI=1S/C13H21N3O3S/c1-11-5-4-6-13(14-11)19-12-7-9-16(10-8-12)20(17,18)15(2)3/h4-6,12H,7-10H2,1-3H3. The summed E-state index contributed by atoms with van der Waals surface area (Å²) >= 11 is 0. The number of aromatic nitrogens is 1. The SMILES string of the molecule is Cc1cccc(OC2CCN(S(=O)(=O)N(C)C)CC2)n1. The molecule has 0 atom stereocenters. The molecule has 0 aliphatic carbocycles. The molecule has 0 radical (unpaired) electrons. The van der Waals surface area contributed by atoms with Gasteiger partial charge in [-0.3, -0.25) is 0 Å². The zero-order chi connectivity index (χ0) is 14.8. The molecule has 1 aliphatic heterocycles. The van der Waals surface area contributed by atoms with E-state index in [-0.39, 0.29) is 6.10 Å². The molecule has 1 aromatic heterocycles. The Labute approximate surface area is 120 Å². The van der Waals surface area contributed by atoms with Gasteiger partial charge in [-0.15, -0.1) is 0 Å². The lowest BCUT2D eigenvalue weighted by Gasteiger charge is -2.32. The Bertz CT molecular complexity index is 552. The third-order valence-electron chi connectivity index (χ3n) is 3.34. The van der Waals surface area contributed by atoms with Crippen LogP contribution in [0.15, 0.2) is 18.2 Å². The molecule has 1 aliphatic rings. The van der Waals surface area contributed by atoms with Crippen LogP contribution in [0.1, 0.15) is 18.5 Å². The highest BCUT2D eigenvalue weighted by molar-refractivity contribution is 7.86. The highest BCUT2D eigenvalue weighted by atomic mass is 32.2. The van der Waals surface area contributed by atoms with Gasteiger partial charge in [-0.2, -0.15) is 17.0 Å². The van der Waals surface area contributed by atoms with Crippen molar-refractivity contribution >= 4 is 10.2 Å². The van der Waals surface area contributed by atoms with Crippen LogP contribution in [0.2, 0.25) is 0 Å². The van der Waals surface area contributed by atoms with E-state index in [2.05, 4.69) is 4.98 Å². The molecular weight excluding hydrogens is 278 g/mol. The third-order valence-corrected chi connectivity index (χ3v) is 5.28. The van der Waals surface area contributed by atoms with Crippen LogP contribution in [0.25, 0.3) is 0 Å². The molecule has 2 rings (SSSR count). The van der Waals surface area contributed by atoms with Gasteiger partial charge in [-0.25, -0.2) is 4.98 Å². The maximum Gasteiger partial charge on any atom is 0.281 e. The predicted molar refractivity (Wildman–Crippen MR) is 76.8 cm³/mol. The van der Waals surface area contributed by atoms with Crippen LogP contribution in [-0.4, -0.2) is 55.3 Å². The first-order valence-electron chi connectivity index (χ1n) is 6.67. The molecular formula is C13H21N3O3S. The summed E-state index contributed by atoms with van der Waals surface area (Å²) < 4.78 is 32.5. The van der Waals surface area contributed by atoms with Crippen molar-refractivity contribution in [2.24, 2.45) is 0 Å². The van der Waals surface area contributed by atoms with Crippen molar-refractivity contribution in [1.82, 2.24) is 13.6 Å². The highest BCUT2D eigenvalue weighted by Gasteiger charge is 2.30. The van der Waals surface area contributed by atoms with Crippen LogP contribution in [0.3, 0.4) is 0 Å². The maximum atomic E-state index is 12.0. The summed E-state index contributed by atoms with van der Waals surface area (Å²) in [6.07, 6.45) is 1.39. The summed E-state index contributed by atoms with van der Waals surface area (Å²) in [5.74, 6) is 0.610. The van der Waals surface area contributed by atoms with E-state index in [4.69, 9.17) is 4.74 Å². The van der Waals surface area contributed by atoms with E-state index in [1.165, 1.54) is 8.61 Å². The number of hydrogen-bond donors (Lipinski definition) is 0. The van der Waals surface area contributed by atoms with Crippen LogP contribution in [-0.2, 0) is 10.2 Å². The molecule has 0 saturated carbocycles. The van der Waals surface area contributed by atoms with Crippen LogP contribution in [0, 0.1) is 6.92 Å². The van der Waals surface area contributed by atoms with Gasteiger partial charge in [0.05, 0.1) is 0 Å². The Morgan fingerprint density at radius 2 is 1.95 bits per heavy atom. The fourth-order valence-corrected chi connectivity index (χ4v) is 3.30. The third kappa shape index (κ3) is 3.47. The minimum atomic E-state index is -3.31. The van der Waals surface area contributed by atoms with Crippen molar-refractivity contribution in [2.75, 3.05) is 27.2 Å². The van der Waals surface area contributed by atoms with Gasteiger partial charge in [0.15, 0.2) is 0 Å². The van der Waals surface area contributed by atoms with E-state index in [9.17, 15) is 8.42 Å². The molecule has 0 N–H and O–H groups in total. The van der Waals surface area contributed by atoms with Gasteiger partial charge < -0.3 is 4.74 Å². The van der Waals surface area contributed by atoms with E-state index in [0.29, 0.717) is 31.8 Å². The lowest BCUT2D eigenvalue weighted by molar-refractivity contribution is 0.127. The molecule has 0 bridgehead atoms. The summed E-state index contributed by atoms with van der Waals surface area (Å²) in [5.41, 5.74) is 0.912. The lowest BCUT2D eigenvalue weighted by atomic mass is 10.1. The number of rotatable bonds is 4. The van der Waals surface area contributed by atoms with Gasteiger partial charge in [-0.1, -0.05) is 6.07 Å². The lowest BCUT2D eigenvalue weighted by Crippen LogP contribution is -2.46. The van der Waals surface area contributed by atoms with Crippen molar-refractivity contribution in [3.05, 3.63) is 23.9 Å². The number of piperidine rings is 1. The molecule has 1 saturated heterocycles. The quantitative estimate of drug-likeness (QED) is 0.833. The molecule has 112 valence electrons. The number of nitrogens with zero attached hydrogens (tertiary/aromatic N) is 3. The topological polar surface area (TPSA) is 62.7 Å². The molecule has 6 nitrogen and oxygen atoms in total. The Kier molecular flexibility index (Phi) is 4.62. The molecule has 0 aromatic carbocycles. The first kappa shape index (κ1) is 15.2.